The topological polar surface area (TPSA) is 44.2 Å². The van der Waals surface area contributed by atoms with Crippen molar-refractivity contribution in [3.63, 3.8) is 0 Å². The molecule has 5 aromatic rings. The first-order chi connectivity index (χ1) is 14.7. The van der Waals surface area contributed by atoms with E-state index in [4.69, 9.17) is 26.1 Å². The maximum Gasteiger partial charge on any atom is 0.154 e. The fourth-order valence-corrected chi connectivity index (χ4v) is 3.57. The molecule has 30 heavy (non-hydrogen) atoms. The molecule has 0 spiro atoms. The van der Waals surface area contributed by atoms with Gasteiger partial charge in [0.2, 0.25) is 0 Å². The second-order valence-electron chi connectivity index (χ2n) is 6.74. The summed E-state index contributed by atoms with van der Waals surface area (Å²) >= 11 is 6.35. The molecule has 0 amide bonds. The molecule has 145 valence electrons. The summed E-state index contributed by atoms with van der Waals surface area (Å²) in [6, 6.07) is 26.3. The van der Waals surface area contributed by atoms with Crippen molar-refractivity contribution in [3.05, 3.63) is 90.1 Å². The minimum absolute atomic E-state index is 0.568. The molecule has 0 aliphatic carbocycles. The average molecular weight is 412 g/mol. The molecule has 0 unspecified atom stereocenters. The Balaban J connectivity index is 1.46. The number of para-hydroxylation sites is 2. The quantitative estimate of drug-likeness (QED) is 0.330. The molecule has 0 atom stereocenters. The number of hydrogen-bond donors (Lipinski definition) is 0. The van der Waals surface area contributed by atoms with E-state index >= 15 is 0 Å². The Kier molecular flexibility index (Phi) is 4.69. The first-order valence-corrected chi connectivity index (χ1v) is 9.78. The number of ether oxygens (including phenoxy) is 2. The summed E-state index contributed by atoms with van der Waals surface area (Å²) in [4.78, 5) is 9.14. The number of fused-ring (bicyclic) bond motifs is 2. The Morgan fingerprint density at radius 2 is 1.77 bits per heavy atom. The predicted octanol–water partition coefficient (Wildman–Crippen LogP) is 6.70. The van der Waals surface area contributed by atoms with Crippen LogP contribution in [0.3, 0.4) is 0 Å². The van der Waals surface area contributed by atoms with E-state index in [0.717, 1.165) is 33.3 Å². The molecule has 4 nitrogen and oxygen atoms in total. The van der Waals surface area contributed by atoms with Gasteiger partial charge in [-0.25, -0.2) is 4.98 Å². The van der Waals surface area contributed by atoms with Gasteiger partial charge in [-0.2, -0.15) is 0 Å². The number of hydrogen-bond acceptors (Lipinski definition) is 4. The van der Waals surface area contributed by atoms with Gasteiger partial charge in [-0.1, -0.05) is 35.9 Å². The lowest BCUT2D eigenvalue weighted by Gasteiger charge is -2.11. The molecule has 2 aromatic heterocycles. The summed E-state index contributed by atoms with van der Waals surface area (Å²) in [5.74, 6) is 1.99. The first-order valence-electron chi connectivity index (χ1n) is 9.40. The van der Waals surface area contributed by atoms with Crippen LogP contribution in [0, 0.1) is 6.07 Å². The lowest BCUT2D eigenvalue weighted by atomic mass is 10.1. The van der Waals surface area contributed by atoms with Crippen molar-refractivity contribution in [2.75, 3.05) is 7.11 Å². The summed E-state index contributed by atoms with van der Waals surface area (Å²) in [6.07, 6.45) is 1.67. The molecule has 0 N–H and O–H groups in total. The monoisotopic (exact) mass is 411 g/mol. The lowest BCUT2D eigenvalue weighted by Crippen LogP contribution is -1.92. The van der Waals surface area contributed by atoms with Crippen molar-refractivity contribution in [2.24, 2.45) is 0 Å². The van der Waals surface area contributed by atoms with Crippen LogP contribution in [0.2, 0.25) is 5.02 Å². The van der Waals surface area contributed by atoms with Crippen LogP contribution in [-0.4, -0.2) is 17.1 Å². The number of nitrogens with zero attached hydrogens (tertiary/aromatic N) is 2. The van der Waals surface area contributed by atoms with Gasteiger partial charge in [0.15, 0.2) is 5.75 Å². The van der Waals surface area contributed by atoms with Crippen molar-refractivity contribution >= 4 is 33.4 Å². The molecule has 5 rings (SSSR count). The van der Waals surface area contributed by atoms with E-state index < -0.39 is 0 Å². The fourth-order valence-electron chi connectivity index (χ4n) is 3.36. The number of rotatable bonds is 4. The molecule has 0 aliphatic rings. The van der Waals surface area contributed by atoms with Gasteiger partial charge >= 0.3 is 0 Å². The molecule has 0 fully saturated rings. The van der Waals surface area contributed by atoms with Crippen LogP contribution >= 0.6 is 11.6 Å². The zero-order valence-corrected chi connectivity index (χ0v) is 16.9. The van der Waals surface area contributed by atoms with Crippen LogP contribution < -0.4 is 9.47 Å². The number of aromatic nitrogens is 2. The van der Waals surface area contributed by atoms with Gasteiger partial charge in [0.1, 0.15) is 11.5 Å². The zero-order valence-electron chi connectivity index (χ0n) is 16.1. The molecule has 0 saturated heterocycles. The normalized spacial score (nSPS) is 11.0. The first kappa shape index (κ1) is 18.4. The average Bonchev–Trinajstić information content (AvgIpc) is 2.79. The smallest absolute Gasteiger partial charge is 0.154 e. The van der Waals surface area contributed by atoms with Gasteiger partial charge in [-0.05, 0) is 42.5 Å². The van der Waals surface area contributed by atoms with E-state index in [1.807, 2.05) is 72.8 Å². The van der Waals surface area contributed by atoms with Crippen LogP contribution in [0.5, 0.6) is 17.2 Å². The van der Waals surface area contributed by atoms with Gasteiger partial charge in [-0.3, -0.25) is 4.98 Å². The molecule has 0 saturated carbocycles. The number of benzene rings is 3. The van der Waals surface area contributed by atoms with Gasteiger partial charge in [-0.15, -0.1) is 0 Å². The summed E-state index contributed by atoms with van der Waals surface area (Å²) < 4.78 is 11.5. The van der Waals surface area contributed by atoms with Crippen LogP contribution in [-0.2, 0) is 0 Å². The Labute approximate surface area is 178 Å². The van der Waals surface area contributed by atoms with Crippen molar-refractivity contribution in [1.82, 2.24) is 9.97 Å². The van der Waals surface area contributed by atoms with Crippen LogP contribution in [0.4, 0.5) is 0 Å². The Bertz CT molecular complexity index is 1370. The van der Waals surface area contributed by atoms with E-state index in [-0.39, 0.29) is 0 Å². The van der Waals surface area contributed by atoms with E-state index in [1.54, 1.807) is 13.3 Å². The van der Waals surface area contributed by atoms with Gasteiger partial charge in [0, 0.05) is 28.5 Å². The van der Waals surface area contributed by atoms with Gasteiger partial charge in [0.05, 0.1) is 35.1 Å². The molecule has 0 bridgehead atoms. The van der Waals surface area contributed by atoms with E-state index in [1.165, 1.54) is 0 Å². The second-order valence-corrected chi connectivity index (χ2v) is 7.14. The van der Waals surface area contributed by atoms with Crippen molar-refractivity contribution in [3.8, 4) is 28.5 Å². The van der Waals surface area contributed by atoms with Gasteiger partial charge < -0.3 is 9.47 Å². The van der Waals surface area contributed by atoms with E-state index in [0.29, 0.717) is 22.0 Å². The number of halogens is 1. The molecular formula is C25H16ClN2O2. The third-order valence-electron chi connectivity index (χ3n) is 4.83. The number of pyridine rings is 2. The Morgan fingerprint density at radius 1 is 0.933 bits per heavy atom. The SMILES string of the molecule is COc1cc(-c2ccc(Oc3[c]c4ccccc4nc3)cc2)nc2c(Cl)cccc12. The molecule has 5 heteroatoms. The van der Waals surface area contributed by atoms with Crippen molar-refractivity contribution < 1.29 is 9.47 Å². The van der Waals surface area contributed by atoms with Crippen molar-refractivity contribution in [2.45, 2.75) is 0 Å². The summed E-state index contributed by atoms with van der Waals surface area (Å²) in [7, 11) is 1.64. The highest BCUT2D eigenvalue weighted by atomic mass is 35.5. The maximum atomic E-state index is 6.35. The highest BCUT2D eigenvalue weighted by Gasteiger charge is 2.11. The van der Waals surface area contributed by atoms with Crippen LogP contribution in [0.1, 0.15) is 0 Å². The van der Waals surface area contributed by atoms with E-state index in [2.05, 4.69) is 11.1 Å². The zero-order chi connectivity index (χ0) is 20.5. The molecule has 2 heterocycles. The minimum atomic E-state index is 0.568. The highest BCUT2D eigenvalue weighted by molar-refractivity contribution is 6.35. The minimum Gasteiger partial charge on any atom is -0.496 e. The Hall–Kier alpha value is -3.63. The summed E-state index contributed by atoms with van der Waals surface area (Å²) in [5, 5.41) is 2.39. The van der Waals surface area contributed by atoms with Gasteiger partial charge in [0.25, 0.3) is 0 Å². The number of methoxy groups -OCH3 is 1. The predicted molar refractivity (Wildman–Crippen MR) is 119 cm³/mol. The summed E-state index contributed by atoms with van der Waals surface area (Å²) in [6.45, 7) is 0. The lowest BCUT2D eigenvalue weighted by molar-refractivity contribution is 0.419. The standard InChI is InChI=1S/C25H16ClN2O2/c1-29-24-14-23(28-25-20(24)6-4-7-21(25)26)16-9-11-18(12-10-16)30-19-13-17-5-2-3-8-22(17)27-15-19/h2-12,14-15H,1H3. The molecule has 3 aromatic carbocycles. The Morgan fingerprint density at radius 3 is 2.60 bits per heavy atom. The third kappa shape index (κ3) is 3.42. The van der Waals surface area contributed by atoms with Crippen LogP contribution in [0.25, 0.3) is 33.1 Å². The maximum absolute atomic E-state index is 6.35. The molecule has 1 radical (unpaired) electrons. The van der Waals surface area contributed by atoms with Crippen LogP contribution in [0.15, 0.2) is 79.0 Å². The summed E-state index contributed by atoms with van der Waals surface area (Å²) in [5.41, 5.74) is 3.31. The van der Waals surface area contributed by atoms with Crippen molar-refractivity contribution in [1.29, 1.82) is 0 Å². The van der Waals surface area contributed by atoms with E-state index in [9.17, 15) is 0 Å². The largest absolute Gasteiger partial charge is 0.496 e. The second kappa shape index (κ2) is 7.65. The highest BCUT2D eigenvalue weighted by Crippen LogP contribution is 2.34. The third-order valence-corrected chi connectivity index (χ3v) is 5.14. The fraction of sp³-hybridized carbons (Fsp3) is 0.0400. The molecule has 0 aliphatic heterocycles. The molecular weight excluding hydrogens is 396 g/mol.